The molecular weight excluding hydrogens is 378 g/mol. The van der Waals surface area contributed by atoms with Gasteiger partial charge in [0, 0.05) is 19.0 Å². The molecule has 1 saturated heterocycles. The molecule has 1 N–H and O–H groups in total. The standard InChI is InChI=1S/C20H23N3O4S/c1-14-19(21-20(24)16-7-8-16)18(27-22-14)11-6-15-4-9-17(10-5-15)28(25,26)23-12-2-3-13-23/h4-6,9-11,16H,2-3,7-8,12-13H2,1H3,(H,21,24). The van der Waals surface area contributed by atoms with Crippen LogP contribution in [0.4, 0.5) is 5.69 Å². The minimum absolute atomic E-state index is 0.00239. The number of amides is 1. The molecule has 0 unspecified atom stereocenters. The van der Waals surface area contributed by atoms with Crippen LogP contribution in [0.5, 0.6) is 0 Å². The number of benzene rings is 1. The monoisotopic (exact) mass is 401 g/mol. The molecule has 2 fully saturated rings. The molecule has 1 aliphatic heterocycles. The first-order valence-electron chi connectivity index (χ1n) is 9.50. The number of rotatable bonds is 6. The van der Waals surface area contributed by atoms with Crippen molar-refractivity contribution in [3.05, 3.63) is 41.3 Å². The Morgan fingerprint density at radius 3 is 2.50 bits per heavy atom. The summed E-state index contributed by atoms with van der Waals surface area (Å²) in [5.41, 5.74) is 2.04. The lowest BCUT2D eigenvalue weighted by Gasteiger charge is -2.15. The van der Waals surface area contributed by atoms with Gasteiger partial charge in [-0.2, -0.15) is 4.31 Å². The summed E-state index contributed by atoms with van der Waals surface area (Å²) in [5.74, 6) is 0.564. The topological polar surface area (TPSA) is 92.5 Å². The van der Waals surface area contributed by atoms with E-state index >= 15 is 0 Å². The number of anilines is 1. The zero-order valence-electron chi connectivity index (χ0n) is 15.7. The highest BCUT2D eigenvalue weighted by atomic mass is 32.2. The predicted molar refractivity (Wildman–Crippen MR) is 106 cm³/mol. The number of carbonyl (C=O) groups is 1. The number of hydrogen-bond acceptors (Lipinski definition) is 5. The quantitative estimate of drug-likeness (QED) is 0.802. The van der Waals surface area contributed by atoms with Crippen LogP contribution < -0.4 is 5.32 Å². The lowest BCUT2D eigenvalue weighted by molar-refractivity contribution is -0.117. The fourth-order valence-electron chi connectivity index (χ4n) is 3.22. The molecule has 2 aliphatic rings. The maximum absolute atomic E-state index is 12.6. The van der Waals surface area contributed by atoms with E-state index in [2.05, 4.69) is 10.5 Å². The summed E-state index contributed by atoms with van der Waals surface area (Å²) in [5, 5.41) is 6.81. The average molecular weight is 401 g/mol. The molecule has 1 aliphatic carbocycles. The van der Waals surface area contributed by atoms with Gasteiger partial charge in [-0.05, 0) is 56.4 Å². The molecule has 2 heterocycles. The Hall–Kier alpha value is -2.45. The van der Waals surface area contributed by atoms with Gasteiger partial charge in [-0.15, -0.1) is 0 Å². The van der Waals surface area contributed by atoms with Crippen LogP contribution in [0.15, 0.2) is 33.7 Å². The zero-order chi connectivity index (χ0) is 19.7. The lowest BCUT2D eigenvalue weighted by atomic mass is 10.2. The molecule has 8 heteroatoms. The lowest BCUT2D eigenvalue weighted by Crippen LogP contribution is -2.27. The Kier molecular flexibility index (Phi) is 5.07. The highest BCUT2D eigenvalue weighted by Crippen LogP contribution is 2.32. The first-order valence-corrected chi connectivity index (χ1v) is 10.9. The van der Waals surface area contributed by atoms with Crippen LogP contribution >= 0.6 is 0 Å². The van der Waals surface area contributed by atoms with Crippen molar-refractivity contribution in [2.75, 3.05) is 18.4 Å². The van der Waals surface area contributed by atoms with Crippen LogP contribution in [0.2, 0.25) is 0 Å². The fraction of sp³-hybridized carbons (Fsp3) is 0.400. The number of nitrogens with zero attached hydrogens (tertiary/aromatic N) is 2. The van der Waals surface area contributed by atoms with E-state index in [0.29, 0.717) is 35.1 Å². The second-order valence-electron chi connectivity index (χ2n) is 7.28. The number of sulfonamides is 1. The number of nitrogens with one attached hydrogen (secondary N) is 1. The van der Waals surface area contributed by atoms with E-state index in [1.807, 2.05) is 0 Å². The largest absolute Gasteiger partial charge is 0.354 e. The summed E-state index contributed by atoms with van der Waals surface area (Å²) < 4.78 is 32.0. The van der Waals surface area contributed by atoms with Gasteiger partial charge in [0.1, 0.15) is 11.4 Å². The number of carbonyl (C=O) groups excluding carboxylic acids is 1. The van der Waals surface area contributed by atoms with Crippen molar-refractivity contribution < 1.29 is 17.7 Å². The van der Waals surface area contributed by atoms with Gasteiger partial charge in [-0.3, -0.25) is 4.79 Å². The molecule has 1 aromatic carbocycles. The van der Waals surface area contributed by atoms with Crippen molar-refractivity contribution in [3.8, 4) is 0 Å². The van der Waals surface area contributed by atoms with E-state index in [-0.39, 0.29) is 11.8 Å². The van der Waals surface area contributed by atoms with E-state index in [1.54, 1.807) is 43.3 Å². The van der Waals surface area contributed by atoms with E-state index in [0.717, 1.165) is 31.2 Å². The molecule has 7 nitrogen and oxygen atoms in total. The second kappa shape index (κ2) is 7.52. The summed E-state index contributed by atoms with van der Waals surface area (Å²) in [7, 11) is -3.41. The number of hydrogen-bond donors (Lipinski definition) is 1. The molecular formula is C20H23N3O4S. The van der Waals surface area contributed by atoms with Gasteiger partial charge in [0.2, 0.25) is 15.9 Å². The highest BCUT2D eigenvalue weighted by molar-refractivity contribution is 7.89. The molecule has 0 atom stereocenters. The van der Waals surface area contributed by atoms with Gasteiger partial charge >= 0.3 is 0 Å². The van der Waals surface area contributed by atoms with Crippen LogP contribution in [0, 0.1) is 12.8 Å². The van der Waals surface area contributed by atoms with E-state index < -0.39 is 10.0 Å². The smallest absolute Gasteiger partial charge is 0.243 e. The zero-order valence-corrected chi connectivity index (χ0v) is 16.5. The molecule has 0 radical (unpaired) electrons. The molecule has 0 bridgehead atoms. The Labute approximate surface area is 164 Å². The fourth-order valence-corrected chi connectivity index (χ4v) is 4.74. The summed E-state index contributed by atoms with van der Waals surface area (Å²) in [6.07, 6.45) is 7.21. The van der Waals surface area contributed by atoms with Crippen LogP contribution in [-0.2, 0) is 14.8 Å². The number of aromatic nitrogens is 1. The van der Waals surface area contributed by atoms with Crippen molar-refractivity contribution in [1.29, 1.82) is 0 Å². The van der Waals surface area contributed by atoms with Crippen molar-refractivity contribution in [2.45, 2.75) is 37.5 Å². The van der Waals surface area contributed by atoms with Crippen LogP contribution in [0.3, 0.4) is 0 Å². The maximum atomic E-state index is 12.6. The SMILES string of the molecule is Cc1noc(C=Cc2ccc(S(=O)(=O)N3CCCC3)cc2)c1NC(=O)C1CC1. The van der Waals surface area contributed by atoms with Gasteiger partial charge in [0.05, 0.1) is 4.90 Å². The Balaban J connectivity index is 1.49. The third-order valence-corrected chi connectivity index (χ3v) is 7.01. The minimum Gasteiger partial charge on any atom is -0.354 e. The summed E-state index contributed by atoms with van der Waals surface area (Å²) >= 11 is 0. The third kappa shape index (κ3) is 3.88. The average Bonchev–Trinajstić information content (AvgIpc) is 3.28. The Morgan fingerprint density at radius 1 is 1.18 bits per heavy atom. The van der Waals surface area contributed by atoms with Crippen molar-refractivity contribution in [2.24, 2.45) is 5.92 Å². The first-order chi connectivity index (χ1) is 13.4. The van der Waals surface area contributed by atoms with Crippen LogP contribution in [0.25, 0.3) is 12.2 Å². The second-order valence-corrected chi connectivity index (χ2v) is 9.22. The highest BCUT2D eigenvalue weighted by Gasteiger charge is 2.31. The van der Waals surface area contributed by atoms with Gasteiger partial charge in [-0.1, -0.05) is 23.4 Å². The first kappa shape index (κ1) is 18.9. The van der Waals surface area contributed by atoms with Crippen LogP contribution in [-0.4, -0.2) is 36.9 Å². The Bertz CT molecular complexity index is 999. The number of aryl methyl sites for hydroxylation is 1. The molecule has 0 spiro atoms. The molecule has 1 aromatic heterocycles. The molecule has 4 rings (SSSR count). The van der Waals surface area contributed by atoms with Gasteiger partial charge < -0.3 is 9.84 Å². The molecule has 2 aromatic rings. The normalized spacial score (nSPS) is 18.0. The van der Waals surface area contributed by atoms with E-state index in [1.165, 1.54) is 4.31 Å². The minimum atomic E-state index is -3.41. The molecule has 1 amide bonds. The summed E-state index contributed by atoms with van der Waals surface area (Å²) in [6.45, 7) is 2.95. The van der Waals surface area contributed by atoms with Crippen LogP contribution in [0.1, 0.15) is 42.7 Å². The summed E-state index contributed by atoms with van der Waals surface area (Å²) in [6, 6.07) is 6.75. The van der Waals surface area contributed by atoms with Crippen molar-refractivity contribution >= 4 is 33.8 Å². The van der Waals surface area contributed by atoms with Gasteiger partial charge in [-0.25, -0.2) is 8.42 Å². The Morgan fingerprint density at radius 2 is 1.86 bits per heavy atom. The van der Waals surface area contributed by atoms with E-state index in [9.17, 15) is 13.2 Å². The maximum Gasteiger partial charge on any atom is 0.243 e. The van der Waals surface area contributed by atoms with Gasteiger partial charge in [0.15, 0.2) is 5.76 Å². The molecule has 1 saturated carbocycles. The third-order valence-electron chi connectivity index (χ3n) is 5.10. The molecule has 148 valence electrons. The predicted octanol–water partition coefficient (Wildman–Crippen LogP) is 3.29. The van der Waals surface area contributed by atoms with Crippen molar-refractivity contribution in [1.82, 2.24) is 9.46 Å². The van der Waals surface area contributed by atoms with Crippen molar-refractivity contribution in [3.63, 3.8) is 0 Å². The van der Waals surface area contributed by atoms with Gasteiger partial charge in [0.25, 0.3) is 0 Å². The van der Waals surface area contributed by atoms with E-state index in [4.69, 9.17) is 4.52 Å². The summed E-state index contributed by atoms with van der Waals surface area (Å²) in [4.78, 5) is 12.3. The molecule has 28 heavy (non-hydrogen) atoms.